The zero-order valence-electron chi connectivity index (χ0n) is 15.4. The summed E-state index contributed by atoms with van der Waals surface area (Å²) in [5.74, 6) is 1.19. The molecule has 2 atom stereocenters. The largest absolute Gasteiger partial charge is 0.418 e. The molecule has 0 aliphatic carbocycles. The number of hydroxylamine groups is 2. The van der Waals surface area contributed by atoms with E-state index in [2.05, 4.69) is 23.5 Å². The number of piperidine rings is 2. The van der Waals surface area contributed by atoms with Crippen molar-refractivity contribution in [3.05, 3.63) is 17.5 Å². The third-order valence-electron chi connectivity index (χ3n) is 5.95. The number of fused-ring (bicyclic) bond motifs is 2. The van der Waals surface area contributed by atoms with E-state index < -0.39 is 22.5 Å². The molecule has 1 aromatic rings. The number of carbonyl (C=O) groups excluding carboxylic acids is 1. The highest BCUT2D eigenvalue weighted by molar-refractivity contribution is 7.80. The Labute approximate surface area is 158 Å². The van der Waals surface area contributed by atoms with Gasteiger partial charge >= 0.3 is 16.4 Å². The molecule has 0 unspecified atom stereocenters. The maximum atomic E-state index is 12.5. The smallest absolute Gasteiger partial charge is 0.361 e. The first-order valence-corrected chi connectivity index (χ1v) is 10.5. The summed E-state index contributed by atoms with van der Waals surface area (Å²) in [6.45, 7) is 2.49. The van der Waals surface area contributed by atoms with Crippen molar-refractivity contribution in [3.8, 4) is 0 Å². The zero-order valence-corrected chi connectivity index (χ0v) is 16.3. The van der Waals surface area contributed by atoms with Gasteiger partial charge in [0.1, 0.15) is 11.5 Å². The fraction of sp³-hybridized carbons (Fsp3) is 0.750. The number of rotatable bonds is 4. The van der Waals surface area contributed by atoms with Gasteiger partial charge in [-0.3, -0.25) is 4.55 Å². The Morgan fingerprint density at radius 2 is 1.96 bits per heavy atom. The molecular formula is C16H25N4O6S+. The summed E-state index contributed by atoms with van der Waals surface area (Å²) in [5.41, 5.74) is 0.685. The van der Waals surface area contributed by atoms with Crippen LogP contribution in [0.1, 0.15) is 49.1 Å². The second-order valence-electron chi connectivity index (χ2n) is 8.32. The van der Waals surface area contributed by atoms with Crippen molar-refractivity contribution in [1.29, 1.82) is 0 Å². The minimum absolute atomic E-state index is 0.281. The van der Waals surface area contributed by atoms with E-state index in [9.17, 15) is 13.2 Å². The minimum Gasteiger partial charge on any atom is -0.361 e. The van der Waals surface area contributed by atoms with Crippen molar-refractivity contribution in [3.63, 3.8) is 0 Å². The van der Waals surface area contributed by atoms with Crippen molar-refractivity contribution in [2.24, 2.45) is 0 Å². The Morgan fingerprint density at radius 1 is 1.26 bits per heavy atom. The SMILES string of the molecule is C[N+]1(C)CCC(c2cc([C@@H]3CC[C@@H]4CN3C(=O)N4OS(=O)(=O)O)no2)CC1. The number of likely N-dealkylation sites (tertiary alicyclic amines) is 1. The van der Waals surface area contributed by atoms with Gasteiger partial charge in [-0.2, -0.15) is 13.5 Å². The number of carbonyl (C=O) groups is 1. The van der Waals surface area contributed by atoms with E-state index in [4.69, 9.17) is 9.08 Å². The first-order chi connectivity index (χ1) is 12.6. The van der Waals surface area contributed by atoms with Gasteiger partial charge in [-0.25, -0.2) is 4.79 Å². The van der Waals surface area contributed by atoms with Crippen LogP contribution in [0, 0.1) is 0 Å². The minimum atomic E-state index is -4.74. The van der Waals surface area contributed by atoms with Gasteiger partial charge in [-0.1, -0.05) is 5.16 Å². The zero-order chi connectivity index (χ0) is 19.4. The molecule has 0 spiro atoms. The lowest BCUT2D eigenvalue weighted by Crippen LogP contribution is -2.45. The first kappa shape index (κ1) is 18.7. The molecule has 1 N–H and O–H groups in total. The van der Waals surface area contributed by atoms with E-state index in [1.165, 1.54) is 4.90 Å². The summed E-state index contributed by atoms with van der Waals surface area (Å²) in [6.07, 6.45) is 3.25. The molecule has 150 valence electrons. The normalized spacial score (nSPS) is 28.8. The molecule has 0 saturated carbocycles. The average Bonchev–Trinajstić information content (AvgIpc) is 3.15. The van der Waals surface area contributed by atoms with Gasteiger partial charge < -0.3 is 13.9 Å². The number of hydrogen-bond donors (Lipinski definition) is 1. The number of amides is 2. The highest BCUT2D eigenvalue weighted by Gasteiger charge is 2.48. The maximum absolute atomic E-state index is 12.5. The summed E-state index contributed by atoms with van der Waals surface area (Å²) < 4.78 is 41.9. The van der Waals surface area contributed by atoms with Crippen LogP contribution >= 0.6 is 0 Å². The van der Waals surface area contributed by atoms with Crippen molar-refractivity contribution in [2.45, 2.75) is 43.7 Å². The van der Waals surface area contributed by atoms with Crippen LogP contribution < -0.4 is 0 Å². The number of hydrogen-bond acceptors (Lipinski definition) is 6. The van der Waals surface area contributed by atoms with Crippen LogP contribution in [0.25, 0.3) is 0 Å². The van der Waals surface area contributed by atoms with Gasteiger partial charge in [0.25, 0.3) is 0 Å². The Hall–Kier alpha value is -1.69. The predicted octanol–water partition coefficient (Wildman–Crippen LogP) is 1.30. The van der Waals surface area contributed by atoms with Crippen LogP contribution in [0.5, 0.6) is 0 Å². The summed E-state index contributed by atoms with van der Waals surface area (Å²) >= 11 is 0. The van der Waals surface area contributed by atoms with E-state index in [1.807, 2.05) is 6.07 Å². The standard InChI is InChI=1S/C16H24N4O6S/c1-20(2)7-5-11(6-8-20)15-9-13(17-25-15)14-4-3-12-10-18(14)16(21)19(12)26-27(22,23)24/h9,11-12,14H,3-8,10H2,1-2H3/p+1/t12-,14+/m1/s1. The number of nitrogens with zero attached hydrogens (tertiary/aromatic N) is 4. The van der Waals surface area contributed by atoms with Crippen molar-refractivity contribution in [2.75, 3.05) is 33.7 Å². The lowest BCUT2D eigenvalue weighted by atomic mass is 9.92. The van der Waals surface area contributed by atoms with Gasteiger partial charge in [0.05, 0.1) is 39.3 Å². The Bertz CT molecular complexity index is 828. The summed E-state index contributed by atoms with van der Waals surface area (Å²) in [4.78, 5) is 14.0. The Morgan fingerprint density at radius 3 is 2.63 bits per heavy atom. The maximum Gasteiger partial charge on any atom is 0.418 e. The van der Waals surface area contributed by atoms with Crippen LogP contribution in [0.4, 0.5) is 4.79 Å². The van der Waals surface area contributed by atoms with Gasteiger partial charge in [-0.15, -0.1) is 4.28 Å². The lowest BCUT2D eigenvalue weighted by Gasteiger charge is -2.36. The highest BCUT2D eigenvalue weighted by Crippen LogP contribution is 2.39. The lowest BCUT2D eigenvalue weighted by molar-refractivity contribution is -0.895. The molecule has 4 heterocycles. The Kier molecular flexibility index (Phi) is 4.45. The molecule has 3 aliphatic rings. The number of aromatic nitrogens is 1. The summed E-state index contributed by atoms with van der Waals surface area (Å²) in [5, 5.41) is 4.95. The molecule has 3 aliphatic heterocycles. The summed E-state index contributed by atoms with van der Waals surface area (Å²) in [6, 6.07) is 0.666. The highest BCUT2D eigenvalue weighted by atomic mass is 32.3. The fourth-order valence-electron chi connectivity index (χ4n) is 4.34. The van der Waals surface area contributed by atoms with Crippen LogP contribution in [0.3, 0.4) is 0 Å². The van der Waals surface area contributed by atoms with Gasteiger partial charge in [0, 0.05) is 31.4 Å². The molecule has 4 rings (SSSR count). The predicted molar refractivity (Wildman–Crippen MR) is 92.7 cm³/mol. The molecule has 10 nitrogen and oxygen atoms in total. The number of quaternary nitrogens is 1. The molecular weight excluding hydrogens is 376 g/mol. The molecule has 3 fully saturated rings. The topological polar surface area (TPSA) is 113 Å². The molecule has 3 saturated heterocycles. The van der Waals surface area contributed by atoms with Gasteiger partial charge in [0.15, 0.2) is 0 Å². The number of urea groups is 1. The van der Waals surface area contributed by atoms with Crippen LogP contribution in [0.2, 0.25) is 0 Å². The Balaban J connectivity index is 1.48. The van der Waals surface area contributed by atoms with Crippen molar-refractivity contribution in [1.82, 2.24) is 15.1 Å². The molecule has 11 heteroatoms. The van der Waals surface area contributed by atoms with E-state index in [0.717, 1.165) is 41.2 Å². The molecule has 27 heavy (non-hydrogen) atoms. The van der Waals surface area contributed by atoms with Gasteiger partial charge in [-0.05, 0) is 12.8 Å². The van der Waals surface area contributed by atoms with Crippen LogP contribution in [0.15, 0.2) is 10.6 Å². The first-order valence-electron chi connectivity index (χ1n) is 9.18. The van der Waals surface area contributed by atoms with E-state index in [0.29, 0.717) is 31.0 Å². The van der Waals surface area contributed by atoms with E-state index in [-0.39, 0.29) is 6.04 Å². The van der Waals surface area contributed by atoms with E-state index >= 15 is 0 Å². The van der Waals surface area contributed by atoms with Gasteiger partial charge in [0.2, 0.25) is 0 Å². The second kappa shape index (κ2) is 6.43. The molecule has 2 bridgehead atoms. The molecule has 0 radical (unpaired) electrons. The monoisotopic (exact) mass is 401 g/mol. The molecule has 2 amide bonds. The van der Waals surface area contributed by atoms with Crippen LogP contribution in [-0.2, 0) is 14.7 Å². The second-order valence-corrected chi connectivity index (χ2v) is 9.33. The molecule has 0 aromatic carbocycles. The van der Waals surface area contributed by atoms with Crippen LogP contribution in [-0.4, -0.2) is 78.4 Å². The van der Waals surface area contributed by atoms with Crippen molar-refractivity contribution >= 4 is 16.4 Å². The average molecular weight is 401 g/mol. The quantitative estimate of drug-likeness (QED) is 0.598. The molecule has 1 aromatic heterocycles. The van der Waals surface area contributed by atoms with Crippen molar-refractivity contribution < 1.29 is 31.1 Å². The van der Waals surface area contributed by atoms with E-state index in [1.54, 1.807) is 0 Å². The third kappa shape index (κ3) is 3.68. The fourth-order valence-corrected chi connectivity index (χ4v) is 4.73. The third-order valence-corrected chi connectivity index (χ3v) is 6.30. The summed E-state index contributed by atoms with van der Waals surface area (Å²) in [7, 11) is -0.294.